The lowest BCUT2D eigenvalue weighted by Gasteiger charge is -2.03. The van der Waals surface area contributed by atoms with Crippen LogP contribution in [0.2, 0.25) is 0 Å². The molecule has 0 unspecified atom stereocenters. The highest BCUT2D eigenvalue weighted by molar-refractivity contribution is 5.74. The molecule has 1 N–H and O–H groups in total. The van der Waals surface area contributed by atoms with Gasteiger partial charge in [-0.1, -0.05) is 6.92 Å². The van der Waals surface area contributed by atoms with Gasteiger partial charge >= 0.3 is 0 Å². The van der Waals surface area contributed by atoms with Crippen molar-refractivity contribution in [1.82, 2.24) is 4.98 Å². The summed E-state index contributed by atoms with van der Waals surface area (Å²) < 4.78 is 5.35. The van der Waals surface area contributed by atoms with Crippen LogP contribution in [0.3, 0.4) is 0 Å². The summed E-state index contributed by atoms with van der Waals surface area (Å²) in [4.78, 5) is 3.94. The van der Waals surface area contributed by atoms with Crippen LogP contribution in [0, 0.1) is 5.41 Å². The minimum absolute atomic E-state index is 0.628. The van der Waals surface area contributed by atoms with E-state index in [1.807, 2.05) is 0 Å². The molecule has 3 nitrogen and oxygen atoms in total. The molecule has 3 heteroatoms. The standard InChI is InChI=1S/C9H12N2O/c1-2-5-12-9-3-4-11-8(6-9)7-10/h3-4,6-7,10H,2,5H2,1H3. The van der Waals surface area contributed by atoms with Crippen LogP contribution in [-0.4, -0.2) is 17.8 Å². The fourth-order valence-corrected chi connectivity index (χ4v) is 0.817. The summed E-state index contributed by atoms with van der Waals surface area (Å²) in [5.41, 5.74) is 0.628. The zero-order valence-corrected chi connectivity index (χ0v) is 7.08. The van der Waals surface area contributed by atoms with Crippen molar-refractivity contribution >= 4 is 6.21 Å². The second-order valence-corrected chi connectivity index (χ2v) is 2.41. The molecule has 0 atom stereocenters. The Morgan fingerprint density at radius 1 is 1.67 bits per heavy atom. The predicted octanol–water partition coefficient (Wildman–Crippen LogP) is 1.87. The molecule has 0 spiro atoms. The third-order valence-corrected chi connectivity index (χ3v) is 1.37. The molecule has 0 amide bonds. The molecule has 1 aromatic heterocycles. The molecule has 0 aliphatic heterocycles. The normalized spacial score (nSPS) is 9.42. The van der Waals surface area contributed by atoms with E-state index in [1.54, 1.807) is 18.3 Å². The van der Waals surface area contributed by atoms with Crippen molar-refractivity contribution in [1.29, 1.82) is 5.41 Å². The zero-order chi connectivity index (χ0) is 8.81. The van der Waals surface area contributed by atoms with Crippen molar-refractivity contribution in [2.75, 3.05) is 6.61 Å². The second-order valence-electron chi connectivity index (χ2n) is 2.41. The van der Waals surface area contributed by atoms with Gasteiger partial charge in [0.15, 0.2) is 0 Å². The van der Waals surface area contributed by atoms with Gasteiger partial charge in [0.05, 0.1) is 12.3 Å². The van der Waals surface area contributed by atoms with Crippen molar-refractivity contribution in [3.63, 3.8) is 0 Å². The molecule has 0 saturated heterocycles. The molecule has 0 radical (unpaired) electrons. The lowest BCUT2D eigenvalue weighted by molar-refractivity contribution is 0.317. The predicted molar refractivity (Wildman–Crippen MR) is 47.9 cm³/mol. The van der Waals surface area contributed by atoms with Crippen LogP contribution in [0.15, 0.2) is 18.3 Å². The van der Waals surface area contributed by atoms with E-state index in [1.165, 1.54) is 6.21 Å². The summed E-state index contributed by atoms with van der Waals surface area (Å²) in [5, 5.41) is 6.97. The zero-order valence-electron chi connectivity index (χ0n) is 7.08. The largest absolute Gasteiger partial charge is 0.493 e. The number of hydrogen-bond donors (Lipinski definition) is 1. The van der Waals surface area contributed by atoms with Crippen molar-refractivity contribution < 1.29 is 4.74 Å². The number of nitrogens with one attached hydrogen (secondary N) is 1. The first kappa shape index (κ1) is 8.71. The molecule has 1 heterocycles. The molecular formula is C9H12N2O. The van der Waals surface area contributed by atoms with E-state index in [0.29, 0.717) is 12.3 Å². The molecular weight excluding hydrogens is 152 g/mol. The van der Waals surface area contributed by atoms with Crippen molar-refractivity contribution in [2.24, 2.45) is 0 Å². The van der Waals surface area contributed by atoms with Gasteiger partial charge < -0.3 is 10.1 Å². The highest BCUT2D eigenvalue weighted by Gasteiger charge is 1.93. The average Bonchev–Trinajstić information content (AvgIpc) is 2.15. The molecule has 0 saturated carbocycles. The SMILES string of the molecule is CCCOc1ccnc(C=N)c1. The fourth-order valence-electron chi connectivity index (χ4n) is 0.817. The van der Waals surface area contributed by atoms with E-state index in [4.69, 9.17) is 10.1 Å². The van der Waals surface area contributed by atoms with Crippen LogP contribution in [-0.2, 0) is 0 Å². The molecule has 0 aromatic carbocycles. The van der Waals surface area contributed by atoms with Crippen molar-refractivity contribution in [3.05, 3.63) is 24.0 Å². The van der Waals surface area contributed by atoms with Crippen LogP contribution < -0.4 is 4.74 Å². The van der Waals surface area contributed by atoms with Gasteiger partial charge in [-0.2, -0.15) is 0 Å². The van der Waals surface area contributed by atoms with Crippen molar-refractivity contribution in [3.8, 4) is 5.75 Å². The van der Waals surface area contributed by atoms with Crippen LogP contribution in [0.5, 0.6) is 5.75 Å². The summed E-state index contributed by atoms with van der Waals surface area (Å²) in [6, 6.07) is 3.55. The van der Waals surface area contributed by atoms with Crippen LogP contribution >= 0.6 is 0 Å². The first-order valence-electron chi connectivity index (χ1n) is 3.96. The Hall–Kier alpha value is -1.38. The first-order chi connectivity index (χ1) is 5.86. The lowest BCUT2D eigenvalue weighted by atomic mass is 10.3. The maximum atomic E-state index is 6.97. The Morgan fingerprint density at radius 2 is 2.50 bits per heavy atom. The van der Waals surface area contributed by atoms with Gasteiger partial charge in [-0.05, 0) is 12.5 Å². The summed E-state index contributed by atoms with van der Waals surface area (Å²) in [6.07, 6.45) is 3.84. The molecule has 0 bridgehead atoms. The molecule has 1 aromatic rings. The Bertz CT molecular complexity index is 260. The summed E-state index contributed by atoms with van der Waals surface area (Å²) in [7, 11) is 0. The molecule has 64 valence electrons. The third-order valence-electron chi connectivity index (χ3n) is 1.37. The van der Waals surface area contributed by atoms with Crippen LogP contribution in [0.25, 0.3) is 0 Å². The van der Waals surface area contributed by atoms with Crippen LogP contribution in [0.4, 0.5) is 0 Å². The van der Waals surface area contributed by atoms with Gasteiger partial charge in [0.1, 0.15) is 5.75 Å². The number of hydrogen-bond acceptors (Lipinski definition) is 3. The number of rotatable bonds is 4. The molecule has 1 rings (SSSR count). The molecule has 0 aliphatic rings. The third kappa shape index (κ3) is 2.34. The highest BCUT2D eigenvalue weighted by atomic mass is 16.5. The van der Waals surface area contributed by atoms with Gasteiger partial charge in [-0.3, -0.25) is 4.98 Å². The Kier molecular flexibility index (Phi) is 3.26. The topological polar surface area (TPSA) is 46.0 Å². The van der Waals surface area contributed by atoms with E-state index < -0.39 is 0 Å². The molecule has 0 fully saturated rings. The Labute approximate surface area is 71.9 Å². The monoisotopic (exact) mass is 164 g/mol. The van der Waals surface area contributed by atoms with Gasteiger partial charge in [0.25, 0.3) is 0 Å². The molecule has 12 heavy (non-hydrogen) atoms. The van der Waals surface area contributed by atoms with Gasteiger partial charge in [0, 0.05) is 18.5 Å². The summed E-state index contributed by atoms with van der Waals surface area (Å²) >= 11 is 0. The fraction of sp³-hybridized carbons (Fsp3) is 0.333. The van der Waals surface area contributed by atoms with E-state index in [-0.39, 0.29) is 0 Å². The summed E-state index contributed by atoms with van der Waals surface area (Å²) in [5.74, 6) is 0.783. The van der Waals surface area contributed by atoms with E-state index in [9.17, 15) is 0 Å². The maximum Gasteiger partial charge on any atom is 0.123 e. The quantitative estimate of drug-likeness (QED) is 0.690. The number of pyridine rings is 1. The van der Waals surface area contributed by atoms with Gasteiger partial charge in [0.2, 0.25) is 0 Å². The van der Waals surface area contributed by atoms with Crippen molar-refractivity contribution in [2.45, 2.75) is 13.3 Å². The minimum atomic E-state index is 0.628. The van der Waals surface area contributed by atoms with Gasteiger partial charge in [-0.15, -0.1) is 0 Å². The number of aromatic nitrogens is 1. The first-order valence-corrected chi connectivity index (χ1v) is 3.96. The van der Waals surface area contributed by atoms with E-state index in [0.717, 1.165) is 12.2 Å². The lowest BCUT2D eigenvalue weighted by Crippen LogP contribution is -1.96. The highest BCUT2D eigenvalue weighted by Crippen LogP contribution is 2.09. The molecule has 0 aliphatic carbocycles. The minimum Gasteiger partial charge on any atom is -0.493 e. The maximum absolute atomic E-state index is 6.97. The Balaban J connectivity index is 2.66. The van der Waals surface area contributed by atoms with E-state index >= 15 is 0 Å². The number of ether oxygens (including phenoxy) is 1. The average molecular weight is 164 g/mol. The number of nitrogens with zero attached hydrogens (tertiary/aromatic N) is 1. The second kappa shape index (κ2) is 4.49. The van der Waals surface area contributed by atoms with E-state index in [2.05, 4.69) is 11.9 Å². The smallest absolute Gasteiger partial charge is 0.123 e. The van der Waals surface area contributed by atoms with Gasteiger partial charge in [-0.25, -0.2) is 0 Å². The summed E-state index contributed by atoms with van der Waals surface area (Å²) in [6.45, 7) is 2.76. The van der Waals surface area contributed by atoms with Crippen LogP contribution in [0.1, 0.15) is 19.0 Å². The Morgan fingerprint density at radius 3 is 3.17 bits per heavy atom.